The van der Waals surface area contributed by atoms with Crippen LogP contribution in [0.25, 0.3) is 0 Å². The lowest BCUT2D eigenvalue weighted by Gasteiger charge is -2.32. The van der Waals surface area contributed by atoms with Gasteiger partial charge in [-0.3, -0.25) is 4.21 Å². The van der Waals surface area contributed by atoms with Crippen molar-refractivity contribution in [1.82, 2.24) is 10.6 Å². The molecule has 1 aromatic carbocycles. The highest BCUT2D eigenvalue weighted by atomic mass is 32.2. The van der Waals surface area contributed by atoms with E-state index in [1.807, 2.05) is 32.0 Å². The normalized spacial score (nSPS) is 15.7. The number of benzene rings is 1. The van der Waals surface area contributed by atoms with Gasteiger partial charge in [0.05, 0.1) is 6.04 Å². The van der Waals surface area contributed by atoms with Gasteiger partial charge in [0.15, 0.2) is 0 Å². The first kappa shape index (κ1) is 18.7. The second kappa shape index (κ2) is 7.77. The van der Waals surface area contributed by atoms with Gasteiger partial charge in [-0.2, -0.15) is 0 Å². The zero-order valence-electron chi connectivity index (χ0n) is 14.4. The maximum Gasteiger partial charge on any atom is 0.315 e. The van der Waals surface area contributed by atoms with E-state index in [0.717, 1.165) is 5.56 Å². The summed E-state index contributed by atoms with van der Waals surface area (Å²) < 4.78 is 11.2. The molecule has 0 aromatic heterocycles. The second-order valence-corrected chi connectivity index (χ2v) is 8.45. The van der Waals surface area contributed by atoms with E-state index < -0.39 is 10.8 Å². The molecule has 0 radical (unpaired) electrons. The van der Waals surface area contributed by atoms with Gasteiger partial charge in [-0.1, -0.05) is 50.6 Å². The monoisotopic (exact) mass is 324 g/mol. The molecular weight excluding hydrogens is 296 g/mol. The standard InChI is InChI=1S/C17H28N2O2S/c1-12-8-7-9-14(10-12)15(17(3,4)5)19-16(20)18-13(2)11-22(6)21/h7-10,13,15H,11H2,1-6H3,(H2,18,19,20)/t13-,15+,22+/m1/s1. The first-order valence-electron chi connectivity index (χ1n) is 7.53. The lowest BCUT2D eigenvalue weighted by atomic mass is 9.82. The number of nitrogens with one attached hydrogen (secondary N) is 2. The van der Waals surface area contributed by atoms with Gasteiger partial charge in [-0.25, -0.2) is 4.79 Å². The van der Waals surface area contributed by atoms with Gasteiger partial charge in [0, 0.05) is 28.9 Å². The third kappa shape index (κ3) is 6.18. The molecular formula is C17H28N2O2S. The predicted octanol–water partition coefficient (Wildman–Crippen LogP) is 3.15. The summed E-state index contributed by atoms with van der Waals surface area (Å²) in [6, 6.07) is 7.75. The molecule has 3 atom stereocenters. The minimum absolute atomic E-state index is 0.0910. The molecule has 0 aliphatic heterocycles. The summed E-state index contributed by atoms with van der Waals surface area (Å²) in [4.78, 5) is 12.2. The van der Waals surface area contributed by atoms with Gasteiger partial charge in [0.25, 0.3) is 0 Å². The molecule has 4 nitrogen and oxygen atoms in total. The van der Waals surface area contributed by atoms with Crippen LogP contribution >= 0.6 is 0 Å². The summed E-state index contributed by atoms with van der Waals surface area (Å²) in [5, 5.41) is 5.91. The van der Waals surface area contributed by atoms with E-state index in [0.29, 0.717) is 5.75 Å². The lowest BCUT2D eigenvalue weighted by molar-refractivity contribution is 0.216. The van der Waals surface area contributed by atoms with Gasteiger partial charge < -0.3 is 10.6 Å². The van der Waals surface area contributed by atoms with Gasteiger partial charge in [0.2, 0.25) is 0 Å². The molecule has 2 N–H and O–H groups in total. The number of carbonyl (C=O) groups excluding carboxylic acids is 1. The van der Waals surface area contributed by atoms with Crippen LogP contribution in [0.15, 0.2) is 24.3 Å². The first-order chi connectivity index (χ1) is 10.1. The number of hydrogen-bond donors (Lipinski definition) is 2. The summed E-state index contributed by atoms with van der Waals surface area (Å²) >= 11 is 0. The Balaban J connectivity index is 2.83. The van der Waals surface area contributed by atoms with E-state index in [-0.39, 0.29) is 23.5 Å². The Morgan fingerprint density at radius 3 is 2.41 bits per heavy atom. The van der Waals surface area contributed by atoms with Crippen LogP contribution in [0.4, 0.5) is 4.79 Å². The maximum absolute atomic E-state index is 12.2. The average Bonchev–Trinajstić information content (AvgIpc) is 2.33. The van der Waals surface area contributed by atoms with E-state index in [2.05, 4.69) is 37.5 Å². The number of amides is 2. The highest BCUT2D eigenvalue weighted by Gasteiger charge is 2.28. The summed E-state index contributed by atoms with van der Waals surface area (Å²) in [6.45, 7) is 10.2. The molecule has 124 valence electrons. The predicted molar refractivity (Wildman–Crippen MR) is 93.4 cm³/mol. The molecule has 2 amide bonds. The van der Waals surface area contributed by atoms with Crippen molar-refractivity contribution >= 4 is 16.8 Å². The minimum Gasteiger partial charge on any atom is -0.335 e. The van der Waals surface area contributed by atoms with Crippen LogP contribution in [0.1, 0.15) is 44.9 Å². The molecule has 0 saturated carbocycles. The molecule has 5 heteroatoms. The fourth-order valence-electron chi connectivity index (χ4n) is 2.44. The molecule has 0 saturated heterocycles. The van der Waals surface area contributed by atoms with Crippen LogP contribution < -0.4 is 10.6 Å². The topological polar surface area (TPSA) is 58.2 Å². The fourth-order valence-corrected chi connectivity index (χ4v) is 3.23. The van der Waals surface area contributed by atoms with Crippen molar-refractivity contribution in [3.63, 3.8) is 0 Å². The highest BCUT2D eigenvalue weighted by molar-refractivity contribution is 7.84. The Labute approximate surface area is 136 Å². The van der Waals surface area contributed by atoms with Crippen LogP contribution in [0.3, 0.4) is 0 Å². The van der Waals surface area contributed by atoms with Crippen LogP contribution in [0, 0.1) is 12.3 Å². The Hall–Kier alpha value is -1.36. The van der Waals surface area contributed by atoms with Gasteiger partial charge in [-0.05, 0) is 24.8 Å². The smallest absolute Gasteiger partial charge is 0.315 e. The van der Waals surface area contributed by atoms with E-state index >= 15 is 0 Å². The Morgan fingerprint density at radius 2 is 1.91 bits per heavy atom. The molecule has 0 bridgehead atoms. The van der Waals surface area contributed by atoms with E-state index in [9.17, 15) is 9.00 Å². The molecule has 0 spiro atoms. The summed E-state index contributed by atoms with van der Waals surface area (Å²) in [7, 11) is -0.923. The fraction of sp³-hybridized carbons (Fsp3) is 0.588. The second-order valence-electron chi connectivity index (χ2n) is 6.97. The Kier molecular flexibility index (Phi) is 6.60. The van der Waals surface area contributed by atoms with Gasteiger partial charge in [0.1, 0.15) is 0 Å². The molecule has 0 heterocycles. The number of hydrogen-bond acceptors (Lipinski definition) is 2. The third-order valence-electron chi connectivity index (χ3n) is 3.38. The molecule has 0 aliphatic rings. The van der Waals surface area contributed by atoms with Crippen molar-refractivity contribution in [3.8, 4) is 0 Å². The summed E-state index contributed by atoms with van der Waals surface area (Å²) in [6.07, 6.45) is 1.64. The van der Waals surface area contributed by atoms with Crippen molar-refractivity contribution in [2.24, 2.45) is 5.41 Å². The summed E-state index contributed by atoms with van der Waals surface area (Å²) in [5.41, 5.74) is 2.15. The number of aryl methyl sites for hydroxylation is 1. The quantitative estimate of drug-likeness (QED) is 0.874. The van der Waals surface area contributed by atoms with Crippen molar-refractivity contribution in [1.29, 1.82) is 0 Å². The van der Waals surface area contributed by atoms with Crippen LogP contribution in [-0.4, -0.2) is 28.3 Å². The maximum atomic E-state index is 12.2. The zero-order chi connectivity index (χ0) is 16.9. The number of urea groups is 1. The molecule has 1 aromatic rings. The largest absolute Gasteiger partial charge is 0.335 e. The van der Waals surface area contributed by atoms with Crippen molar-refractivity contribution in [2.45, 2.75) is 46.7 Å². The molecule has 22 heavy (non-hydrogen) atoms. The number of carbonyl (C=O) groups is 1. The summed E-state index contributed by atoms with van der Waals surface area (Å²) in [5.74, 6) is 0.456. The van der Waals surface area contributed by atoms with Crippen molar-refractivity contribution in [2.75, 3.05) is 12.0 Å². The first-order valence-corrected chi connectivity index (χ1v) is 9.26. The molecule has 1 rings (SSSR count). The lowest BCUT2D eigenvalue weighted by Crippen LogP contribution is -2.46. The average molecular weight is 324 g/mol. The van der Waals surface area contributed by atoms with Crippen LogP contribution in [0.5, 0.6) is 0 Å². The number of rotatable bonds is 5. The highest BCUT2D eigenvalue weighted by Crippen LogP contribution is 2.32. The Morgan fingerprint density at radius 1 is 1.27 bits per heavy atom. The minimum atomic E-state index is -0.923. The van der Waals surface area contributed by atoms with Gasteiger partial charge >= 0.3 is 6.03 Å². The van der Waals surface area contributed by atoms with Gasteiger partial charge in [-0.15, -0.1) is 0 Å². The van der Waals surface area contributed by atoms with Crippen LogP contribution in [-0.2, 0) is 10.8 Å². The third-order valence-corrected chi connectivity index (χ3v) is 4.35. The van der Waals surface area contributed by atoms with Crippen molar-refractivity contribution < 1.29 is 9.00 Å². The molecule has 0 fully saturated rings. The molecule has 0 unspecified atom stereocenters. The Bertz CT molecular complexity index is 538. The van der Waals surface area contributed by atoms with E-state index in [1.54, 1.807) is 6.26 Å². The van der Waals surface area contributed by atoms with E-state index in [4.69, 9.17) is 0 Å². The SMILES string of the molecule is Cc1cccc([C@H](NC(=O)N[C@H](C)C[S@](C)=O)C(C)(C)C)c1. The molecule has 0 aliphatic carbocycles. The van der Waals surface area contributed by atoms with Crippen LogP contribution in [0.2, 0.25) is 0 Å². The zero-order valence-corrected chi connectivity index (χ0v) is 15.2. The van der Waals surface area contributed by atoms with E-state index in [1.165, 1.54) is 5.56 Å². The van der Waals surface area contributed by atoms with Crippen molar-refractivity contribution in [3.05, 3.63) is 35.4 Å².